The zero-order chi connectivity index (χ0) is 22.0. The van der Waals surface area contributed by atoms with Gasteiger partial charge < -0.3 is 9.80 Å². The van der Waals surface area contributed by atoms with E-state index in [1.54, 1.807) is 21.9 Å². The summed E-state index contributed by atoms with van der Waals surface area (Å²) in [6.07, 6.45) is 4.45. The van der Waals surface area contributed by atoms with Gasteiger partial charge in [-0.1, -0.05) is 0 Å². The van der Waals surface area contributed by atoms with Crippen LogP contribution in [0.5, 0.6) is 0 Å². The summed E-state index contributed by atoms with van der Waals surface area (Å²) in [4.78, 5) is 30.8. The number of rotatable bonds is 6. The van der Waals surface area contributed by atoms with Crippen LogP contribution >= 0.6 is 11.3 Å². The van der Waals surface area contributed by atoms with Gasteiger partial charge in [0.25, 0.3) is 11.8 Å². The van der Waals surface area contributed by atoms with Crippen molar-refractivity contribution in [2.45, 2.75) is 62.7 Å². The molecule has 1 aromatic heterocycles. The van der Waals surface area contributed by atoms with Gasteiger partial charge in [-0.3, -0.25) is 9.59 Å². The monoisotopic (exact) mass is 486 g/mol. The van der Waals surface area contributed by atoms with E-state index in [0.29, 0.717) is 22.6 Å². The number of hydrogen-bond acceptors (Lipinski definition) is 7. The summed E-state index contributed by atoms with van der Waals surface area (Å²) in [6, 6.07) is 2.87. The summed E-state index contributed by atoms with van der Waals surface area (Å²) in [5.74, 6) is -0.146. The van der Waals surface area contributed by atoms with E-state index in [-0.39, 0.29) is 59.0 Å². The van der Waals surface area contributed by atoms with E-state index >= 15 is 0 Å². The van der Waals surface area contributed by atoms with E-state index in [2.05, 4.69) is 0 Å². The van der Waals surface area contributed by atoms with Crippen LogP contribution < -0.4 is 0 Å². The van der Waals surface area contributed by atoms with Crippen molar-refractivity contribution >= 4 is 42.8 Å². The third-order valence-electron chi connectivity index (χ3n) is 6.58. The fourth-order valence-electron chi connectivity index (χ4n) is 4.78. The molecule has 0 aromatic carbocycles. The summed E-state index contributed by atoms with van der Waals surface area (Å²) >= 11 is 1.13. The lowest BCUT2D eigenvalue weighted by atomic mass is 10.2. The molecule has 2 unspecified atom stereocenters. The van der Waals surface area contributed by atoms with Crippen LogP contribution in [-0.4, -0.2) is 85.6 Å². The highest BCUT2D eigenvalue weighted by molar-refractivity contribution is 7.91. The van der Waals surface area contributed by atoms with E-state index in [1.165, 1.54) is 0 Å². The van der Waals surface area contributed by atoms with E-state index < -0.39 is 19.7 Å². The van der Waals surface area contributed by atoms with Crippen LogP contribution in [0.4, 0.5) is 0 Å². The molecule has 2 aliphatic heterocycles. The van der Waals surface area contributed by atoms with Gasteiger partial charge in [-0.05, 0) is 50.7 Å². The fourth-order valence-corrected chi connectivity index (χ4v) is 9.09. The first-order valence-corrected chi connectivity index (χ1v) is 15.3. The predicted molar refractivity (Wildman–Crippen MR) is 117 cm³/mol. The summed E-state index contributed by atoms with van der Waals surface area (Å²) < 4.78 is 47.7. The van der Waals surface area contributed by atoms with Crippen LogP contribution in [-0.2, 0) is 19.7 Å². The molecule has 11 heteroatoms. The van der Waals surface area contributed by atoms with Crippen molar-refractivity contribution in [1.29, 1.82) is 0 Å². The molecule has 4 aliphatic rings. The van der Waals surface area contributed by atoms with Gasteiger partial charge in [-0.2, -0.15) is 0 Å². The minimum absolute atomic E-state index is 0.0119. The Labute approximate surface area is 186 Å². The molecule has 3 heterocycles. The lowest BCUT2D eigenvalue weighted by molar-refractivity contribution is 0.0679. The smallest absolute Gasteiger partial charge is 0.264 e. The van der Waals surface area contributed by atoms with Crippen LogP contribution in [0.25, 0.3) is 0 Å². The average molecular weight is 487 g/mol. The van der Waals surface area contributed by atoms with Crippen molar-refractivity contribution < 1.29 is 26.4 Å². The number of amides is 2. The lowest BCUT2D eigenvalue weighted by Gasteiger charge is -2.28. The molecule has 2 aliphatic carbocycles. The Morgan fingerprint density at radius 2 is 1.06 bits per heavy atom. The molecule has 1 aromatic rings. The highest BCUT2D eigenvalue weighted by Crippen LogP contribution is 2.37. The summed E-state index contributed by atoms with van der Waals surface area (Å²) in [7, 11) is -6.21. The molecule has 170 valence electrons. The minimum Gasteiger partial charge on any atom is -0.331 e. The zero-order valence-electron chi connectivity index (χ0n) is 17.1. The molecular weight excluding hydrogens is 460 g/mol. The lowest BCUT2D eigenvalue weighted by Crippen LogP contribution is -2.42. The quantitative estimate of drug-likeness (QED) is 0.600. The van der Waals surface area contributed by atoms with Gasteiger partial charge in [-0.15, -0.1) is 11.3 Å². The summed E-state index contributed by atoms with van der Waals surface area (Å²) in [5.41, 5.74) is 0. The Bertz CT molecular complexity index is 1030. The molecule has 0 spiro atoms. The topological polar surface area (TPSA) is 109 Å². The molecule has 4 fully saturated rings. The molecular formula is C20H26N2O6S3. The normalized spacial score (nSPS) is 29.0. The van der Waals surface area contributed by atoms with Gasteiger partial charge in [0.15, 0.2) is 19.7 Å². The fraction of sp³-hybridized carbons (Fsp3) is 0.700. The van der Waals surface area contributed by atoms with Gasteiger partial charge in [-0.25, -0.2) is 16.8 Å². The molecule has 31 heavy (non-hydrogen) atoms. The highest BCUT2D eigenvalue weighted by atomic mass is 32.2. The van der Waals surface area contributed by atoms with Crippen molar-refractivity contribution in [3.8, 4) is 0 Å². The van der Waals surface area contributed by atoms with Crippen LogP contribution in [0.15, 0.2) is 12.1 Å². The van der Waals surface area contributed by atoms with Crippen molar-refractivity contribution in [2.24, 2.45) is 0 Å². The van der Waals surface area contributed by atoms with E-state index in [0.717, 1.165) is 37.0 Å². The van der Waals surface area contributed by atoms with Crippen molar-refractivity contribution in [3.63, 3.8) is 0 Å². The maximum absolute atomic E-state index is 13.3. The van der Waals surface area contributed by atoms with Gasteiger partial charge in [0.2, 0.25) is 0 Å². The Hall–Kier alpha value is -1.46. The van der Waals surface area contributed by atoms with E-state index in [4.69, 9.17) is 0 Å². The second-order valence-electron chi connectivity index (χ2n) is 9.16. The Morgan fingerprint density at radius 1 is 0.677 bits per heavy atom. The predicted octanol–water partition coefficient (Wildman–Crippen LogP) is 1.33. The van der Waals surface area contributed by atoms with Crippen molar-refractivity contribution in [3.05, 3.63) is 21.9 Å². The van der Waals surface area contributed by atoms with Gasteiger partial charge in [0.1, 0.15) is 0 Å². The van der Waals surface area contributed by atoms with Gasteiger partial charge in [0.05, 0.1) is 32.8 Å². The Morgan fingerprint density at radius 3 is 1.35 bits per heavy atom. The standard InChI is InChI=1S/C20H26N2O6S3/c23-19(21(13-1-2-13)15-7-9-30(25,26)11-15)17-5-6-18(29-17)20(24)22(14-3-4-14)16-8-10-31(27,28)12-16/h5-6,13-16H,1-4,7-12H2. The molecule has 2 saturated heterocycles. The second kappa shape index (κ2) is 7.55. The van der Waals surface area contributed by atoms with Crippen LogP contribution in [0.2, 0.25) is 0 Å². The molecule has 2 saturated carbocycles. The van der Waals surface area contributed by atoms with E-state index in [9.17, 15) is 26.4 Å². The third kappa shape index (κ3) is 4.41. The first kappa shape index (κ1) is 21.4. The highest BCUT2D eigenvalue weighted by Gasteiger charge is 2.44. The molecule has 0 N–H and O–H groups in total. The van der Waals surface area contributed by atoms with Crippen LogP contribution in [0.3, 0.4) is 0 Å². The molecule has 2 amide bonds. The Kier molecular flexibility index (Phi) is 5.21. The van der Waals surface area contributed by atoms with Crippen LogP contribution in [0, 0.1) is 0 Å². The maximum Gasteiger partial charge on any atom is 0.264 e. The number of carbonyl (C=O) groups excluding carboxylic acids is 2. The number of thiophene rings is 1. The minimum atomic E-state index is -3.10. The van der Waals surface area contributed by atoms with Gasteiger partial charge in [0, 0.05) is 24.2 Å². The molecule has 0 bridgehead atoms. The molecule has 8 nitrogen and oxygen atoms in total. The second-order valence-corrected chi connectivity index (χ2v) is 14.7. The average Bonchev–Trinajstić information content (AvgIpc) is 3.59. The first-order valence-electron chi connectivity index (χ1n) is 10.8. The Balaban J connectivity index is 1.35. The number of carbonyl (C=O) groups is 2. The number of sulfone groups is 2. The third-order valence-corrected chi connectivity index (χ3v) is 11.1. The summed E-state index contributed by atoms with van der Waals surface area (Å²) in [6.45, 7) is 0. The van der Waals surface area contributed by atoms with Crippen molar-refractivity contribution in [2.75, 3.05) is 23.0 Å². The van der Waals surface area contributed by atoms with Gasteiger partial charge >= 0.3 is 0 Å². The van der Waals surface area contributed by atoms with Crippen molar-refractivity contribution in [1.82, 2.24) is 9.80 Å². The number of nitrogens with zero attached hydrogens (tertiary/aromatic N) is 2. The largest absolute Gasteiger partial charge is 0.331 e. The molecule has 5 rings (SSSR count). The zero-order valence-corrected chi connectivity index (χ0v) is 19.6. The summed E-state index contributed by atoms with van der Waals surface area (Å²) in [5, 5.41) is 0. The maximum atomic E-state index is 13.3. The SMILES string of the molecule is O=C(c1ccc(C(=O)N(C2CC2)C2CCS(=O)(=O)C2)s1)N(C1CC1)C1CCS(=O)(=O)C1. The van der Waals surface area contributed by atoms with E-state index in [1.807, 2.05) is 0 Å². The first-order chi connectivity index (χ1) is 14.6. The number of hydrogen-bond donors (Lipinski definition) is 0. The molecule has 2 atom stereocenters. The van der Waals surface area contributed by atoms with Crippen LogP contribution in [0.1, 0.15) is 57.9 Å². The molecule has 0 radical (unpaired) electrons.